The third-order valence-corrected chi connectivity index (χ3v) is 3.72. The molecule has 20 heavy (non-hydrogen) atoms. The minimum Gasteiger partial charge on any atom is -0.326 e. The van der Waals surface area contributed by atoms with Crippen LogP contribution in [0.25, 0.3) is 6.08 Å². The average Bonchev–Trinajstić information content (AvgIpc) is 2.70. The summed E-state index contributed by atoms with van der Waals surface area (Å²) < 4.78 is 0. The summed E-state index contributed by atoms with van der Waals surface area (Å²) in [4.78, 5) is 15.3. The average molecular weight is 272 g/mol. The first-order valence-corrected chi connectivity index (χ1v) is 7.15. The van der Waals surface area contributed by atoms with Gasteiger partial charge in [-0.2, -0.15) is 0 Å². The Hall–Kier alpha value is -1.77. The molecule has 0 aliphatic carbocycles. The molecular formula is C17H24N2O. The van der Waals surface area contributed by atoms with Crippen molar-refractivity contribution in [1.29, 1.82) is 0 Å². The molecule has 1 aromatic rings. The Kier molecular flexibility index (Phi) is 4.17. The van der Waals surface area contributed by atoms with Crippen LogP contribution in [0.1, 0.15) is 31.9 Å². The monoisotopic (exact) mass is 272 g/mol. The summed E-state index contributed by atoms with van der Waals surface area (Å²) >= 11 is 0. The Morgan fingerprint density at radius 1 is 1.15 bits per heavy atom. The van der Waals surface area contributed by atoms with Gasteiger partial charge in [-0.3, -0.25) is 0 Å². The highest BCUT2D eigenvalue weighted by Crippen LogP contribution is 2.22. The molecule has 0 N–H and O–H groups in total. The molecule has 0 bridgehead atoms. The molecule has 0 atom stereocenters. The number of benzene rings is 1. The molecule has 108 valence electrons. The van der Waals surface area contributed by atoms with Crippen molar-refractivity contribution in [3.63, 3.8) is 0 Å². The third-order valence-electron chi connectivity index (χ3n) is 3.72. The van der Waals surface area contributed by atoms with Crippen LogP contribution in [0.2, 0.25) is 0 Å². The van der Waals surface area contributed by atoms with Crippen LogP contribution in [0.4, 0.5) is 4.79 Å². The fraction of sp³-hybridized carbons (Fsp3) is 0.471. The molecule has 1 heterocycles. The van der Waals surface area contributed by atoms with Gasteiger partial charge < -0.3 is 9.80 Å². The maximum Gasteiger partial charge on any atom is 0.320 e. The van der Waals surface area contributed by atoms with Gasteiger partial charge in [0.1, 0.15) is 0 Å². The first kappa shape index (κ1) is 14.6. The Balaban J connectivity index is 1.93. The standard InChI is InChI=1S/C17H24N2O/c1-17(2,3)15-9-7-14(8-10-15)6-5-11-19-13-12-18(4)16(19)20/h5-10H,11-13H2,1-4H3/b6-5+. The van der Waals surface area contributed by atoms with Crippen molar-refractivity contribution in [3.8, 4) is 0 Å². The van der Waals surface area contributed by atoms with Gasteiger partial charge in [-0.05, 0) is 16.5 Å². The number of carbonyl (C=O) groups is 1. The molecular weight excluding hydrogens is 248 g/mol. The fourth-order valence-corrected chi connectivity index (χ4v) is 2.28. The number of urea groups is 1. The second-order valence-electron chi connectivity index (χ2n) is 6.42. The Morgan fingerprint density at radius 2 is 1.80 bits per heavy atom. The topological polar surface area (TPSA) is 23.6 Å². The quantitative estimate of drug-likeness (QED) is 0.827. The van der Waals surface area contributed by atoms with Crippen LogP contribution in [0.15, 0.2) is 30.3 Å². The fourth-order valence-electron chi connectivity index (χ4n) is 2.28. The summed E-state index contributed by atoms with van der Waals surface area (Å²) in [5.41, 5.74) is 2.71. The van der Waals surface area contributed by atoms with E-state index in [-0.39, 0.29) is 11.4 Å². The zero-order valence-electron chi connectivity index (χ0n) is 12.9. The van der Waals surface area contributed by atoms with E-state index in [4.69, 9.17) is 0 Å². The highest BCUT2D eigenvalue weighted by molar-refractivity contribution is 5.76. The lowest BCUT2D eigenvalue weighted by Crippen LogP contribution is -2.29. The molecule has 1 aliphatic rings. The smallest absolute Gasteiger partial charge is 0.320 e. The summed E-state index contributed by atoms with van der Waals surface area (Å²) in [5.74, 6) is 0. The van der Waals surface area contributed by atoms with E-state index >= 15 is 0 Å². The van der Waals surface area contributed by atoms with Gasteiger partial charge in [-0.15, -0.1) is 0 Å². The number of amides is 2. The Morgan fingerprint density at radius 3 is 2.30 bits per heavy atom. The van der Waals surface area contributed by atoms with Gasteiger partial charge >= 0.3 is 6.03 Å². The highest BCUT2D eigenvalue weighted by atomic mass is 16.2. The van der Waals surface area contributed by atoms with E-state index in [1.165, 1.54) is 11.1 Å². The molecule has 2 amide bonds. The van der Waals surface area contributed by atoms with E-state index < -0.39 is 0 Å². The van der Waals surface area contributed by atoms with E-state index in [0.717, 1.165) is 13.1 Å². The van der Waals surface area contributed by atoms with Crippen molar-refractivity contribution in [1.82, 2.24) is 9.80 Å². The molecule has 1 aliphatic heterocycles. The first-order chi connectivity index (χ1) is 9.38. The van der Waals surface area contributed by atoms with Crippen LogP contribution in [-0.2, 0) is 5.41 Å². The number of likely N-dealkylation sites (N-methyl/N-ethyl adjacent to an activating group) is 1. The van der Waals surface area contributed by atoms with Gasteiger partial charge in [-0.25, -0.2) is 4.79 Å². The molecule has 0 radical (unpaired) electrons. The summed E-state index contributed by atoms with van der Waals surface area (Å²) in [6, 6.07) is 8.74. The number of hydrogen-bond acceptors (Lipinski definition) is 1. The zero-order valence-corrected chi connectivity index (χ0v) is 12.9. The molecule has 0 unspecified atom stereocenters. The molecule has 2 rings (SSSR count). The summed E-state index contributed by atoms with van der Waals surface area (Å²) in [7, 11) is 1.84. The van der Waals surface area contributed by atoms with Crippen molar-refractivity contribution < 1.29 is 4.79 Å². The van der Waals surface area contributed by atoms with Crippen molar-refractivity contribution in [2.45, 2.75) is 26.2 Å². The summed E-state index contributed by atoms with van der Waals surface area (Å²) in [6.45, 7) is 8.98. The number of carbonyl (C=O) groups excluding carboxylic acids is 1. The molecule has 3 nitrogen and oxygen atoms in total. The van der Waals surface area contributed by atoms with Crippen LogP contribution in [0.3, 0.4) is 0 Å². The predicted octanol–water partition coefficient (Wildman–Crippen LogP) is 3.36. The molecule has 1 saturated heterocycles. The van der Waals surface area contributed by atoms with Crippen LogP contribution in [-0.4, -0.2) is 42.5 Å². The minimum atomic E-state index is 0.123. The molecule has 0 aromatic heterocycles. The van der Waals surface area contributed by atoms with E-state index in [1.54, 1.807) is 4.90 Å². The van der Waals surface area contributed by atoms with Gasteiger partial charge in [0.2, 0.25) is 0 Å². The van der Waals surface area contributed by atoms with E-state index in [1.807, 2.05) is 11.9 Å². The summed E-state index contributed by atoms with van der Waals surface area (Å²) in [5, 5.41) is 0. The SMILES string of the molecule is CN1CCN(C/C=C/c2ccc(C(C)(C)C)cc2)C1=O. The number of hydrogen-bond donors (Lipinski definition) is 0. The molecule has 3 heteroatoms. The first-order valence-electron chi connectivity index (χ1n) is 7.15. The maximum atomic E-state index is 11.7. The third kappa shape index (κ3) is 3.41. The molecule has 0 saturated carbocycles. The van der Waals surface area contributed by atoms with E-state index in [9.17, 15) is 4.79 Å². The Labute approximate surface area is 121 Å². The zero-order chi connectivity index (χ0) is 14.8. The van der Waals surface area contributed by atoms with Crippen molar-refractivity contribution in [3.05, 3.63) is 41.5 Å². The summed E-state index contributed by atoms with van der Waals surface area (Å²) in [6.07, 6.45) is 4.14. The molecule has 1 aromatic carbocycles. The number of rotatable bonds is 3. The highest BCUT2D eigenvalue weighted by Gasteiger charge is 2.23. The largest absolute Gasteiger partial charge is 0.326 e. The van der Waals surface area contributed by atoms with Gasteiger partial charge in [0.15, 0.2) is 0 Å². The van der Waals surface area contributed by atoms with Gasteiger partial charge in [0.25, 0.3) is 0 Å². The van der Waals surface area contributed by atoms with Crippen molar-refractivity contribution in [2.75, 3.05) is 26.7 Å². The van der Waals surface area contributed by atoms with Crippen molar-refractivity contribution >= 4 is 12.1 Å². The second-order valence-corrected chi connectivity index (χ2v) is 6.42. The lowest BCUT2D eigenvalue weighted by molar-refractivity contribution is 0.202. The normalized spacial score (nSPS) is 16.5. The maximum absolute atomic E-state index is 11.7. The number of nitrogens with zero attached hydrogens (tertiary/aromatic N) is 2. The van der Waals surface area contributed by atoms with Gasteiger partial charge in [0.05, 0.1) is 0 Å². The van der Waals surface area contributed by atoms with Gasteiger partial charge in [-0.1, -0.05) is 57.2 Å². The lowest BCUT2D eigenvalue weighted by Gasteiger charge is -2.18. The lowest BCUT2D eigenvalue weighted by atomic mass is 9.87. The van der Waals surface area contributed by atoms with Crippen LogP contribution >= 0.6 is 0 Å². The van der Waals surface area contributed by atoms with Crippen molar-refractivity contribution in [2.24, 2.45) is 0 Å². The van der Waals surface area contributed by atoms with Crippen LogP contribution < -0.4 is 0 Å². The minimum absolute atomic E-state index is 0.123. The Bertz CT molecular complexity index is 497. The van der Waals surface area contributed by atoms with Crippen LogP contribution in [0, 0.1) is 0 Å². The van der Waals surface area contributed by atoms with Gasteiger partial charge in [0, 0.05) is 26.7 Å². The molecule has 0 spiro atoms. The second kappa shape index (κ2) is 5.70. The molecule has 1 fully saturated rings. The van der Waals surface area contributed by atoms with E-state index in [0.29, 0.717) is 6.54 Å². The van der Waals surface area contributed by atoms with E-state index in [2.05, 4.69) is 57.2 Å². The van der Waals surface area contributed by atoms with Crippen LogP contribution in [0.5, 0.6) is 0 Å². The predicted molar refractivity (Wildman–Crippen MR) is 83.8 cm³/mol.